The van der Waals surface area contributed by atoms with Gasteiger partial charge in [-0.2, -0.15) is 0 Å². The van der Waals surface area contributed by atoms with E-state index in [9.17, 15) is 4.79 Å². The van der Waals surface area contributed by atoms with Crippen LogP contribution >= 0.6 is 0 Å². The Balaban J connectivity index is 1.66. The summed E-state index contributed by atoms with van der Waals surface area (Å²) in [6.45, 7) is 6.28. The summed E-state index contributed by atoms with van der Waals surface area (Å²) in [6, 6.07) is 0.461. The van der Waals surface area contributed by atoms with Gasteiger partial charge >= 0.3 is 5.97 Å². The van der Waals surface area contributed by atoms with Crippen molar-refractivity contribution in [2.75, 3.05) is 13.1 Å². The Kier molecular flexibility index (Phi) is 3.83. The van der Waals surface area contributed by atoms with Crippen LogP contribution in [0.2, 0.25) is 0 Å². The molecule has 0 atom stereocenters. The molecular weight excluding hydrogens is 250 g/mol. The van der Waals surface area contributed by atoms with Gasteiger partial charge in [-0.15, -0.1) is 0 Å². The van der Waals surface area contributed by atoms with Crippen LogP contribution in [-0.2, 0) is 4.79 Å². The highest BCUT2D eigenvalue weighted by Crippen LogP contribution is 2.60. The maximum atomic E-state index is 10.9. The molecule has 4 aliphatic carbocycles. The fourth-order valence-corrected chi connectivity index (χ4v) is 5.67. The van der Waals surface area contributed by atoms with E-state index in [0.717, 1.165) is 30.8 Å². The Morgan fingerprint density at radius 3 is 2.05 bits per heavy atom. The Morgan fingerprint density at radius 2 is 1.65 bits per heavy atom. The van der Waals surface area contributed by atoms with Crippen LogP contribution in [-0.4, -0.2) is 35.1 Å². The van der Waals surface area contributed by atoms with Crippen molar-refractivity contribution in [2.45, 2.75) is 64.8 Å². The van der Waals surface area contributed by atoms with Crippen LogP contribution in [0.4, 0.5) is 0 Å². The molecular formula is C17H29NO2. The lowest BCUT2D eigenvalue weighted by molar-refractivity contribution is -0.137. The van der Waals surface area contributed by atoms with Gasteiger partial charge in [-0.05, 0) is 75.5 Å². The fraction of sp³-hybridized carbons (Fsp3) is 0.941. The molecule has 0 aromatic heterocycles. The number of carbonyl (C=O) groups is 1. The first-order valence-corrected chi connectivity index (χ1v) is 8.42. The highest BCUT2D eigenvalue weighted by Gasteiger charge is 2.51. The molecule has 0 radical (unpaired) electrons. The Bertz CT molecular complexity index is 342. The zero-order valence-corrected chi connectivity index (χ0v) is 13.0. The maximum absolute atomic E-state index is 10.9. The predicted molar refractivity (Wildman–Crippen MR) is 79.6 cm³/mol. The van der Waals surface area contributed by atoms with E-state index in [1.54, 1.807) is 0 Å². The highest BCUT2D eigenvalue weighted by molar-refractivity contribution is 5.66. The first-order valence-electron chi connectivity index (χ1n) is 8.42. The fourth-order valence-electron chi connectivity index (χ4n) is 5.67. The lowest BCUT2D eigenvalue weighted by Crippen LogP contribution is -2.52. The monoisotopic (exact) mass is 279 g/mol. The van der Waals surface area contributed by atoms with E-state index in [4.69, 9.17) is 5.11 Å². The molecule has 114 valence electrons. The first-order chi connectivity index (χ1) is 9.46. The van der Waals surface area contributed by atoms with E-state index in [-0.39, 0.29) is 6.42 Å². The average molecular weight is 279 g/mol. The maximum Gasteiger partial charge on any atom is 0.304 e. The quantitative estimate of drug-likeness (QED) is 0.810. The lowest BCUT2D eigenvalue weighted by atomic mass is 9.49. The molecule has 4 bridgehead atoms. The molecule has 0 heterocycles. The number of rotatable bonds is 6. The van der Waals surface area contributed by atoms with Gasteiger partial charge in [0.1, 0.15) is 0 Å². The second-order valence-electron chi connectivity index (χ2n) is 8.13. The summed E-state index contributed by atoms with van der Waals surface area (Å²) in [5.74, 6) is 2.28. The second-order valence-corrected chi connectivity index (χ2v) is 8.13. The van der Waals surface area contributed by atoms with Gasteiger partial charge in [-0.3, -0.25) is 9.69 Å². The molecule has 0 amide bonds. The predicted octanol–water partition coefficient (Wildman–Crippen LogP) is 3.39. The summed E-state index contributed by atoms with van der Waals surface area (Å²) in [5.41, 5.74) is 0.525. The molecule has 0 saturated heterocycles. The summed E-state index contributed by atoms with van der Waals surface area (Å²) in [5, 5.41) is 8.95. The minimum Gasteiger partial charge on any atom is -0.481 e. The van der Waals surface area contributed by atoms with Crippen molar-refractivity contribution in [1.29, 1.82) is 0 Å². The molecule has 4 rings (SSSR count). The lowest BCUT2D eigenvalue weighted by Gasteiger charge is -2.58. The van der Waals surface area contributed by atoms with Gasteiger partial charge in [0.05, 0.1) is 6.42 Å². The number of hydrogen-bond acceptors (Lipinski definition) is 2. The van der Waals surface area contributed by atoms with Crippen molar-refractivity contribution in [3.63, 3.8) is 0 Å². The minimum atomic E-state index is -0.666. The largest absolute Gasteiger partial charge is 0.481 e. The normalized spacial score (nSPS) is 38.9. The van der Waals surface area contributed by atoms with Crippen LogP contribution in [0.5, 0.6) is 0 Å². The number of carboxylic acid groups (broad SMARTS) is 1. The van der Waals surface area contributed by atoms with Gasteiger partial charge in [0, 0.05) is 19.1 Å². The van der Waals surface area contributed by atoms with Crippen LogP contribution in [0, 0.1) is 23.2 Å². The zero-order chi connectivity index (χ0) is 14.3. The van der Waals surface area contributed by atoms with Crippen LogP contribution in [0.1, 0.15) is 58.8 Å². The van der Waals surface area contributed by atoms with Crippen LogP contribution < -0.4 is 0 Å². The SMILES string of the molecule is CC(C)N(CCC(=O)O)CC12CC3CC(CC(C3)C1)C2. The summed E-state index contributed by atoms with van der Waals surface area (Å²) >= 11 is 0. The van der Waals surface area contributed by atoms with Crippen molar-refractivity contribution in [1.82, 2.24) is 4.90 Å². The van der Waals surface area contributed by atoms with Crippen molar-refractivity contribution in [3.05, 3.63) is 0 Å². The number of carboxylic acids is 1. The van der Waals surface area contributed by atoms with Crippen LogP contribution in [0.3, 0.4) is 0 Å². The molecule has 4 saturated carbocycles. The van der Waals surface area contributed by atoms with E-state index >= 15 is 0 Å². The molecule has 20 heavy (non-hydrogen) atoms. The summed E-state index contributed by atoms with van der Waals surface area (Å²) in [4.78, 5) is 13.3. The topological polar surface area (TPSA) is 40.5 Å². The number of aliphatic carboxylic acids is 1. The molecule has 0 spiro atoms. The molecule has 0 aromatic rings. The molecule has 0 aromatic carbocycles. The summed E-state index contributed by atoms with van der Waals surface area (Å²) < 4.78 is 0. The summed E-state index contributed by atoms with van der Waals surface area (Å²) in [6.07, 6.45) is 8.96. The zero-order valence-electron chi connectivity index (χ0n) is 13.0. The Morgan fingerprint density at radius 1 is 1.15 bits per heavy atom. The summed E-state index contributed by atoms with van der Waals surface area (Å²) in [7, 11) is 0. The van der Waals surface area contributed by atoms with Gasteiger partial charge in [-0.1, -0.05) is 0 Å². The Labute approximate surface area is 122 Å². The average Bonchev–Trinajstić information content (AvgIpc) is 2.32. The van der Waals surface area contributed by atoms with E-state index in [2.05, 4.69) is 18.7 Å². The van der Waals surface area contributed by atoms with Gasteiger partial charge in [0.25, 0.3) is 0 Å². The molecule has 1 N–H and O–H groups in total. The third-order valence-corrected chi connectivity index (χ3v) is 6.05. The third-order valence-electron chi connectivity index (χ3n) is 6.05. The number of nitrogens with zero attached hydrogens (tertiary/aromatic N) is 1. The van der Waals surface area contributed by atoms with Crippen LogP contribution in [0.15, 0.2) is 0 Å². The highest BCUT2D eigenvalue weighted by atomic mass is 16.4. The molecule has 4 aliphatic rings. The Hall–Kier alpha value is -0.570. The van der Waals surface area contributed by atoms with Crippen molar-refractivity contribution >= 4 is 5.97 Å². The van der Waals surface area contributed by atoms with E-state index < -0.39 is 5.97 Å². The smallest absolute Gasteiger partial charge is 0.304 e. The first kappa shape index (κ1) is 14.4. The van der Waals surface area contributed by atoms with Gasteiger partial charge in [-0.25, -0.2) is 0 Å². The van der Waals surface area contributed by atoms with Crippen LogP contribution in [0.25, 0.3) is 0 Å². The van der Waals surface area contributed by atoms with Gasteiger partial charge in [0.2, 0.25) is 0 Å². The molecule has 0 aliphatic heterocycles. The minimum absolute atomic E-state index is 0.282. The standard InChI is InChI=1S/C17H29NO2/c1-12(2)18(4-3-16(19)20)11-17-8-13-5-14(9-17)7-15(6-13)10-17/h12-15H,3-11H2,1-2H3,(H,19,20). The van der Waals surface area contributed by atoms with E-state index in [1.165, 1.54) is 38.5 Å². The van der Waals surface area contributed by atoms with Gasteiger partial charge < -0.3 is 5.11 Å². The van der Waals surface area contributed by atoms with E-state index in [1.807, 2.05) is 0 Å². The van der Waals surface area contributed by atoms with E-state index in [0.29, 0.717) is 11.5 Å². The van der Waals surface area contributed by atoms with Gasteiger partial charge in [0.15, 0.2) is 0 Å². The van der Waals surface area contributed by atoms with Crippen molar-refractivity contribution < 1.29 is 9.90 Å². The molecule has 3 nitrogen and oxygen atoms in total. The second kappa shape index (κ2) is 5.32. The third kappa shape index (κ3) is 2.88. The van der Waals surface area contributed by atoms with Crippen molar-refractivity contribution in [2.24, 2.45) is 23.2 Å². The molecule has 4 fully saturated rings. The number of hydrogen-bond donors (Lipinski definition) is 1. The molecule has 0 unspecified atom stereocenters. The van der Waals surface area contributed by atoms with Crippen molar-refractivity contribution in [3.8, 4) is 0 Å². The molecule has 3 heteroatoms.